The summed E-state index contributed by atoms with van der Waals surface area (Å²) in [6, 6.07) is 1.94. The molecule has 0 saturated heterocycles. The number of rotatable bonds is 2. The van der Waals surface area contributed by atoms with Gasteiger partial charge in [0, 0.05) is 0 Å². The van der Waals surface area contributed by atoms with Crippen LogP contribution >= 0.6 is 27.3 Å². The van der Waals surface area contributed by atoms with Gasteiger partial charge in [0.05, 0.1) is 8.66 Å². The van der Waals surface area contributed by atoms with Crippen LogP contribution in [-0.2, 0) is 6.42 Å². The van der Waals surface area contributed by atoms with E-state index in [1.807, 2.05) is 13.0 Å². The molecule has 1 rings (SSSR count). The van der Waals surface area contributed by atoms with Crippen LogP contribution in [0.1, 0.15) is 22.2 Å². The maximum absolute atomic E-state index is 10.8. The topological polar surface area (TPSA) is 43.1 Å². The Morgan fingerprint density at radius 3 is 2.82 bits per heavy atom. The summed E-state index contributed by atoms with van der Waals surface area (Å²) in [6.07, 6.45) is 0.848. The number of carbonyl (C=O) groups excluding carboxylic acids is 1. The van der Waals surface area contributed by atoms with Gasteiger partial charge in [-0.2, -0.15) is 0 Å². The van der Waals surface area contributed by atoms with Crippen molar-refractivity contribution in [3.8, 4) is 0 Å². The third-order valence-electron chi connectivity index (χ3n) is 1.38. The molecule has 1 aromatic heterocycles. The molecule has 0 radical (unpaired) electrons. The Morgan fingerprint density at radius 2 is 2.45 bits per heavy atom. The summed E-state index contributed by atoms with van der Waals surface area (Å²) < 4.78 is 0.961. The van der Waals surface area contributed by atoms with Crippen LogP contribution in [0.3, 0.4) is 0 Å². The number of amides is 1. The molecule has 0 atom stereocenters. The van der Waals surface area contributed by atoms with Crippen molar-refractivity contribution in [3.05, 3.63) is 20.3 Å². The predicted molar refractivity (Wildman–Crippen MR) is 49.9 cm³/mol. The van der Waals surface area contributed by atoms with Gasteiger partial charge in [-0.3, -0.25) is 4.79 Å². The zero-order valence-corrected chi connectivity index (χ0v) is 8.46. The average molecular weight is 234 g/mol. The van der Waals surface area contributed by atoms with Gasteiger partial charge in [0.15, 0.2) is 0 Å². The fraction of sp³-hybridized carbons (Fsp3) is 0.286. The van der Waals surface area contributed by atoms with E-state index in [0.717, 1.165) is 15.8 Å². The molecule has 1 heterocycles. The molecule has 4 heteroatoms. The number of thiophene rings is 1. The van der Waals surface area contributed by atoms with E-state index in [2.05, 4.69) is 15.9 Å². The van der Waals surface area contributed by atoms with Gasteiger partial charge in [-0.15, -0.1) is 11.3 Å². The molecule has 0 saturated carbocycles. The van der Waals surface area contributed by atoms with E-state index in [4.69, 9.17) is 5.73 Å². The molecule has 2 N–H and O–H groups in total. The van der Waals surface area contributed by atoms with Crippen LogP contribution in [0.5, 0.6) is 0 Å². The van der Waals surface area contributed by atoms with Crippen molar-refractivity contribution in [2.45, 2.75) is 13.3 Å². The second-order valence-electron chi connectivity index (χ2n) is 2.12. The Hall–Kier alpha value is -0.350. The third-order valence-corrected chi connectivity index (χ3v) is 3.08. The minimum Gasteiger partial charge on any atom is -0.365 e. The van der Waals surface area contributed by atoms with E-state index in [1.165, 1.54) is 11.3 Å². The molecule has 1 aromatic rings. The van der Waals surface area contributed by atoms with E-state index < -0.39 is 0 Å². The van der Waals surface area contributed by atoms with Crippen molar-refractivity contribution < 1.29 is 4.79 Å². The number of halogens is 1. The maximum Gasteiger partial charge on any atom is 0.259 e. The molecule has 0 unspecified atom stereocenters. The first-order valence-corrected chi connectivity index (χ1v) is 4.84. The van der Waals surface area contributed by atoms with E-state index in [9.17, 15) is 4.79 Å². The van der Waals surface area contributed by atoms with Gasteiger partial charge >= 0.3 is 0 Å². The minimum absolute atomic E-state index is 0.336. The molecule has 0 bridgehead atoms. The average Bonchev–Trinajstić information content (AvgIpc) is 2.30. The summed E-state index contributed by atoms with van der Waals surface area (Å²) >= 11 is 4.69. The highest BCUT2D eigenvalue weighted by atomic mass is 79.9. The van der Waals surface area contributed by atoms with Crippen molar-refractivity contribution in [1.82, 2.24) is 0 Å². The predicted octanol–water partition coefficient (Wildman–Crippen LogP) is 2.17. The molecular weight excluding hydrogens is 226 g/mol. The largest absolute Gasteiger partial charge is 0.365 e. The van der Waals surface area contributed by atoms with Crippen LogP contribution in [0.15, 0.2) is 9.85 Å². The summed E-state index contributed by atoms with van der Waals surface area (Å²) in [4.78, 5) is 11.5. The van der Waals surface area contributed by atoms with Gasteiger partial charge in [0.25, 0.3) is 5.91 Å². The summed E-state index contributed by atoms with van der Waals surface area (Å²) in [5.74, 6) is -0.336. The zero-order chi connectivity index (χ0) is 8.43. The van der Waals surface area contributed by atoms with Gasteiger partial charge in [0.2, 0.25) is 0 Å². The Kier molecular flexibility index (Phi) is 2.67. The smallest absolute Gasteiger partial charge is 0.259 e. The number of hydrogen-bond donors (Lipinski definition) is 1. The molecule has 2 nitrogen and oxygen atoms in total. The second kappa shape index (κ2) is 3.36. The summed E-state index contributed by atoms with van der Waals surface area (Å²) in [6.45, 7) is 2.00. The van der Waals surface area contributed by atoms with Crippen LogP contribution in [0, 0.1) is 0 Å². The molecule has 0 aliphatic heterocycles. The van der Waals surface area contributed by atoms with Crippen molar-refractivity contribution >= 4 is 33.2 Å². The molecule has 0 aliphatic rings. The lowest BCUT2D eigenvalue weighted by Gasteiger charge is -1.92. The molecule has 11 heavy (non-hydrogen) atoms. The zero-order valence-electron chi connectivity index (χ0n) is 6.06. The molecule has 0 fully saturated rings. The molecule has 0 aromatic carbocycles. The fourth-order valence-corrected chi connectivity index (χ4v) is 2.46. The number of primary amides is 1. The van der Waals surface area contributed by atoms with Gasteiger partial charge in [0.1, 0.15) is 0 Å². The standard InChI is InChI=1S/C7H8BrNOS/c1-2-4-3-5(8)11-6(4)7(9)10/h3H,2H2,1H3,(H2,9,10). The van der Waals surface area contributed by atoms with Crippen LogP contribution in [0.2, 0.25) is 0 Å². The first-order chi connectivity index (χ1) is 5.15. The second-order valence-corrected chi connectivity index (χ2v) is 4.55. The van der Waals surface area contributed by atoms with E-state index >= 15 is 0 Å². The van der Waals surface area contributed by atoms with Crippen molar-refractivity contribution in [2.24, 2.45) is 5.73 Å². The number of aryl methyl sites for hydroxylation is 1. The lowest BCUT2D eigenvalue weighted by molar-refractivity contribution is 0.100. The van der Waals surface area contributed by atoms with Gasteiger partial charge in [-0.05, 0) is 34.0 Å². The molecule has 60 valence electrons. The maximum atomic E-state index is 10.8. The van der Waals surface area contributed by atoms with Crippen LogP contribution in [-0.4, -0.2) is 5.91 Å². The summed E-state index contributed by atoms with van der Waals surface area (Å²) in [5, 5.41) is 0. The fourth-order valence-electron chi connectivity index (χ4n) is 0.866. The molecule has 0 spiro atoms. The molecule has 0 aliphatic carbocycles. The Bertz CT molecular complexity index is 282. The SMILES string of the molecule is CCc1cc(Br)sc1C(N)=O. The van der Waals surface area contributed by atoms with Crippen molar-refractivity contribution in [3.63, 3.8) is 0 Å². The summed E-state index contributed by atoms with van der Waals surface area (Å²) in [5.41, 5.74) is 6.18. The number of nitrogens with two attached hydrogens (primary N) is 1. The van der Waals surface area contributed by atoms with Gasteiger partial charge in [-0.1, -0.05) is 6.92 Å². The van der Waals surface area contributed by atoms with Crippen molar-refractivity contribution in [1.29, 1.82) is 0 Å². The quantitative estimate of drug-likeness (QED) is 0.837. The first-order valence-electron chi connectivity index (χ1n) is 3.23. The number of hydrogen-bond acceptors (Lipinski definition) is 2. The molecule has 1 amide bonds. The van der Waals surface area contributed by atoms with Crippen LogP contribution in [0.25, 0.3) is 0 Å². The highest BCUT2D eigenvalue weighted by molar-refractivity contribution is 9.11. The van der Waals surface area contributed by atoms with E-state index in [1.54, 1.807) is 0 Å². The van der Waals surface area contributed by atoms with Crippen LogP contribution < -0.4 is 5.73 Å². The highest BCUT2D eigenvalue weighted by Crippen LogP contribution is 2.26. The monoisotopic (exact) mass is 233 g/mol. The van der Waals surface area contributed by atoms with E-state index in [0.29, 0.717) is 4.88 Å². The van der Waals surface area contributed by atoms with E-state index in [-0.39, 0.29) is 5.91 Å². The third kappa shape index (κ3) is 1.81. The lowest BCUT2D eigenvalue weighted by atomic mass is 10.2. The normalized spacial score (nSPS) is 10.0. The van der Waals surface area contributed by atoms with Crippen LogP contribution in [0.4, 0.5) is 0 Å². The first kappa shape index (κ1) is 8.74. The lowest BCUT2D eigenvalue weighted by Crippen LogP contribution is -2.10. The van der Waals surface area contributed by atoms with Gasteiger partial charge in [-0.25, -0.2) is 0 Å². The van der Waals surface area contributed by atoms with Crippen molar-refractivity contribution in [2.75, 3.05) is 0 Å². The highest BCUT2D eigenvalue weighted by Gasteiger charge is 2.10. The molecular formula is C7H8BrNOS. The van der Waals surface area contributed by atoms with Gasteiger partial charge < -0.3 is 5.73 Å². The Labute approximate surface area is 77.5 Å². The Morgan fingerprint density at radius 1 is 1.82 bits per heavy atom. The number of carbonyl (C=O) groups is 1. The minimum atomic E-state index is -0.336. The Balaban J connectivity index is 3.12. The summed E-state index contributed by atoms with van der Waals surface area (Å²) in [7, 11) is 0.